The number of imidazole rings is 2. The minimum Gasteiger partial charge on any atom is -0.367 e. The van der Waals surface area contributed by atoms with Crippen molar-refractivity contribution in [3.63, 3.8) is 0 Å². The second-order valence-electron chi connectivity index (χ2n) is 20.7. The number of para-hydroxylation sites is 2. The van der Waals surface area contributed by atoms with Crippen LogP contribution < -0.4 is 15.1 Å². The summed E-state index contributed by atoms with van der Waals surface area (Å²) in [6.45, 7) is 18.8. The molecule has 14 rings (SSSR count). The van der Waals surface area contributed by atoms with Crippen molar-refractivity contribution in [2.24, 2.45) is 0 Å². The number of rotatable bonds is 11. The van der Waals surface area contributed by atoms with Crippen LogP contribution in [0.15, 0.2) is 123 Å². The Morgan fingerprint density at radius 3 is 1.59 bits per heavy atom. The molecule has 3 saturated heterocycles. The number of H-pyrrole nitrogens is 4. The summed E-state index contributed by atoms with van der Waals surface area (Å²) in [5, 5.41) is 18.7. The first-order valence-electron chi connectivity index (χ1n) is 27.7. The van der Waals surface area contributed by atoms with Crippen LogP contribution >= 0.6 is 0 Å². The molecule has 0 aliphatic carbocycles. The Balaban J connectivity index is 0.000000156. The van der Waals surface area contributed by atoms with E-state index in [0.717, 1.165) is 117 Å². The van der Waals surface area contributed by atoms with Crippen LogP contribution in [0.5, 0.6) is 0 Å². The molecule has 0 atom stereocenters. The van der Waals surface area contributed by atoms with Gasteiger partial charge in [-0.1, -0.05) is 62.9 Å². The van der Waals surface area contributed by atoms with E-state index in [9.17, 15) is 0 Å². The molecule has 11 aromatic rings. The fraction of sp³-hybridized carbons (Fsp3) is 0.279. The van der Waals surface area contributed by atoms with Gasteiger partial charge in [0.2, 0.25) is 0 Å². The predicted molar refractivity (Wildman–Crippen MR) is 319 cm³/mol. The minimum absolute atomic E-state index is 0.177. The number of halogens is 2. The number of nitrogens with one attached hydrogen (secondary N) is 5. The Kier molecular flexibility index (Phi) is 15.0. The van der Waals surface area contributed by atoms with Gasteiger partial charge in [0, 0.05) is 94.3 Å². The lowest BCUT2D eigenvalue weighted by Crippen LogP contribution is -2.44. The normalized spacial score (nSPS) is 15.3. The summed E-state index contributed by atoms with van der Waals surface area (Å²) < 4.78 is 32.3. The SMILES string of the molecule is C=C(Nc1cncc(-c2ncc3[nH]nc(-c4nc5c(N6CCN(C)CC6)cccc5[nH]4)c3c2F)c1)c1ccccc1.CC.CN1CCN(c2cccc3[nH]c(-c4n[nH]c5cnc(-c6cncc(CN7CCCC7)c6)c(F)c45)nc23)CC1. The molecule has 20 heteroatoms. The number of likely N-dealkylation sites (tertiary alicyclic amines) is 1. The van der Waals surface area contributed by atoms with E-state index in [4.69, 9.17) is 9.97 Å². The topological polar surface area (TPSA) is 195 Å². The number of likely N-dealkylation sites (N-methyl/N-ethyl adjacent to an activating group) is 2. The summed E-state index contributed by atoms with van der Waals surface area (Å²) in [4.78, 5) is 45.9. The molecule has 0 radical (unpaired) electrons. The van der Waals surface area contributed by atoms with Gasteiger partial charge in [-0.3, -0.25) is 35.0 Å². The Bertz CT molecular complexity index is 4010. The zero-order chi connectivity index (χ0) is 55.6. The van der Waals surface area contributed by atoms with E-state index >= 15 is 8.78 Å². The molecule has 0 bridgehead atoms. The lowest BCUT2D eigenvalue weighted by molar-refractivity contribution is 0.313. The van der Waals surface area contributed by atoms with Crippen molar-refractivity contribution in [1.29, 1.82) is 0 Å². The van der Waals surface area contributed by atoms with Crippen LogP contribution in [-0.2, 0) is 6.54 Å². The highest BCUT2D eigenvalue weighted by atomic mass is 19.1. The van der Waals surface area contributed by atoms with E-state index in [2.05, 4.69) is 113 Å². The highest BCUT2D eigenvalue weighted by molar-refractivity contribution is 5.99. The number of aromatic nitrogens is 12. The summed E-state index contributed by atoms with van der Waals surface area (Å²) in [6.07, 6.45) is 12.5. The fourth-order valence-corrected chi connectivity index (χ4v) is 11.0. The lowest BCUT2D eigenvalue weighted by atomic mass is 10.1. The molecule has 5 N–H and O–H groups in total. The fourth-order valence-electron chi connectivity index (χ4n) is 11.0. The molecule has 3 aliphatic heterocycles. The molecule has 3 aliphatic rings. The molecule has 81 heavy (non-hydrogen) atoms. The number of pyridine rings is 4. The van der Waals surface area contributed by atoms with Crippen LogP contribution in [0.25, 0.3) is 95.1 Å². The van der Waals surface area contributed by atoms with Gasteiger partial charge in [-0.2, -0.15) is 10.2 Å². The Morgan fingerprint density at radius 2 is 1.06 bits per heavy atom. The summed E-state index contributed by atoms with van der Waals surface area (Å²) in [5.41, 5.74) is 12.6. The first-order chi connectivity index (χ1) is 39.7. The van der Waals surface area contributed by atoms with Crippen molar-refractivity contribution >= 4 is 66.6 Å². The summed E-state index contributed by atoms with van der Waals surface area (Å²) >= 11 is 0. The molecule has 11 heterocycles. The summed E-state index contributed by atoms with van der Waals surface area (Å²) in [6, 6.07) is 25.8. The van der Waals surface area contributed by atoms with E-state index in [-0.39, 0.29) is 11.4 Å². The van der Waals surface area contributed by atoms with Crippen LogP contribution in [0.2, 0.25) is 0 Å². The average Bonchev–Trinajstić information content (AvgIpc) is 4.41. The van der Waals surface area contributed by atoms with Gasteiger partial charge in [0.1, 0.15) is 33.8 Å². The van der Waals surface area contributed by atoms with Gasteiger partial charge in [-0.05, 0) is 87.6 Å². The van der Waals surface area contributed by atoms with Gasteiger partial charge in [-0.25, -0.2) is 18.7 Å². The molecule has 0 spiro atoms. The second-order valence-corrected chi connectivity index (χ2v) is 20.7. The zero-order valence-corrected chi connectivity index (χ0v) is 45.9. The molecular formula is C61H64F2N18. The van der Waals surface area contributed by atoms with Crippen LogP contribution in [0.3, 0.4) is 0 Å². The first kappa shape index (κ1) is 52.7. The van der Waals surface area contributed by atoms with Crippen LogP contribution in [0.1, 0.15) is 37.8 Å². The molecular weight excluding hydrogens is 1020 g/mol. The van der Waals surface area contributed by atoms with Crippen molar-refractivity contribution in [2.75, 3.05) is 94.7 Å². The molecule has 0 unspecified atom stereocenters. The van der Waals surface area contributed by atoms with Crippen LogP contribution in [0.4, 0.5) is 25.8 Å². The van der Waals surface area contributed by atoms with E-state index in [1.807, 2.05) is 86.8 Å². The molecule has 0 amide bonds. The predicted octanol–water partition coefficient (Wildman–Crippen LogP) is 10.6. The highest BCUT2D eigenvalue weighted by Crippen LogP contribution is 2.37. The van der Waals surface area contributed by atoms with E-state index < -0.39 is 11.6 Å². The summed E-state index contributed by atoms with van der Waals surface area (Å²) in [7, 11) is 4.28. The largest absolute Gasteiger partial charge is 0.367 e. The number of nitrogens with zero attached hydrogens (tertiary/aromatic N) is 13. The quantitative estimate of drug-likeness (QED) is 0.0821. The maximum atomic E-state index is 16.2. The molecule has 3 aromatic carbocycles. The van der Waals surface area contributed by atoms with Crippen molar-refractivity contribution in [1.82, 2.24) is 75.0 Å². The third-order valence-corrected chi connectivity index (χ3v) is 15.3. The Labute approximate surface area is 467 Å². The molecule has 412 valence electrons. The Morgan fingerprint density at radius 1 is 0.556 bits per heavy atom. The minimum atomic E-state index is -0.494. The maximum absolute atomic E-state index is 16.2. The average molecular weight is 1090 g/mol. The highest BCUT2D eigenvalue weighted by Gasteiger charge is 2.26. The van der Waals surface area contributed by atoms with Gasteiger partial charge in [-0.15, -0.1) is 0 Å². The number of anilines is 3. The van der Waals surface area contributed by atoms with Crippen molar-refractivity contribution in [2.45, 2.75) is 33.2 Å². The first-order valence-corrected chi connectivity index (χ1v) is 27.7. The maximum Gasteiger partial charge on any atom is 0.161 e. The smallest absolute Gasteiger partial charge is 0.161 e. The Hall–Kier alpha value is -8.98. The number of fused-ring (bicyclic) bond motifs is 4. The van der Waals surface area contributed by atoms with E-state index in [1.54, 1.807) is 31.0 Å². The molecule has 8 aromatic heterocycles. The number of benzene rings is 3. The van der Waals surface area contributed by atoms with Gasteiger partial charge in [0.25, 0.3) is 0 Å². The van der Waals surface area contributed by atoms with Gasteiger partial charge in [0.05, 0.1) is 68.5 Å². The van der Waals surface area contributed by atoms with Crippen LogP contribution in [0, 0.1) is 11.6 Å². The van der Waals surface area contributed by atoms with Crippen molar-refractivity contribution < 1.29 is 8.78 Å². The van der Waals surface area contributed by atoms with Crippen molar-refractivity contribution in [3.05, 3.63) is 145 Å². The number of hydrogen-bond acceptors (Lipinski definition) is 14. The van der Waals surface area contributed by atoms with Crippen LogP contribution in [-0.4, -0.2) is 155 Å². The van der Waals surface area contributed by atoms with Crippen molar-refractivity contribution in [3.8, 4) is 45.6 Å². The van der Waals surface area contributed by atoms with Gasteiger partial charge in [0.15, 0.2) is 23.3 Å². The monoisotopic (exact) mass is 1090 g/mol. The summed E-state index contributed by atoms with van der Waals surface area (Å²) in [5.74, 6) is 0.110. The number of piperazine rings is 2. The number of hydrogen-bond donors (Lipinski definition) is 5. The van der Waals surface area contributed by atoms with Gasteiger partial charge >= 0.3 is 0 Å². The van der Waals surface area contributed by atoms with Gasteiger partial charge < -0.3 is 34.9 Å². The number of aromatic amines is 4. The lowest BCUT2D eigenvalue weighted by Gasteiger charge is -2.34. The zero-order valence-electron chi connectivity index (χ0n) is 45.9. The van der Waals surface area contributed by atoms with E-state index in [0.29, 0.717) is 67.4 Å². The standard InChI is InChI=1S/C31H28FN9.C28H30FN9.C2H6/c1-19(20-7-4-3-5-8-20)35-22-15-21(16-33-17-22)28-27(32)26-24(18-34-28)38-39-30(26)31-36-23-9-6-10-25(29(23)37-31)41-13-11-40(2)12-14-41;1-36-9-11-38(12-10-36)22-6-4-5-20-26(22)33-28(32-20)27-23-21(34-35-27)16-31-25(24(23)29)19-13-18(14-30-15-19)17-37-7-2-3-8-37;1-2/h3-10,15-18,35H,1,11-14H2,2H3,(H,36,37)(H,38,39);4-6,13-16H,2-3,7-12,17H2,1H3,(H,32,33)(H,34,35);1-2H3. The molecule has 18 nitrogen and oxygen atoms in total. The molecule has 0 saturated carbocycles. The third kappa shape index (κ3) is 10.7. The second kappa shape index (κ2) is 23.0. The van der Waals surface area contributed by atoms with E-state index in [1.165, 1.54) is 12.8 Å². The third-order valence-electron chi connectivity index (χ3n) is 15.3. The molecule has 3 fully saturated rings.